The van der Waals surface area contributed by atoms with Crippen LogP contribution in [0.4, 0.5) is 0 Å². The molecule has 142 valence electrons. The molecule has 0 unspecified atom stereocenters. The number of nitrogens with zero attached hydrogens (tertiary/aromatic N) is 2. The second-order valence-corrected chi connectivity index (χ2v) is 6.84. The average molecular weight is 460 g/mol. The van der Waals surface area contributed by atoms with Crippen molar-refractivity contribution in [3.63, 3.8) is 0 Å². The number of nitrogens with one attached hydrogen (secondary N) is 2. The summed E-state index contributed by atoms with van der Waals surface area (Å²) in [6.07, 6.45) is 2.57. The highest BCUT2D eigenvalue weighted by atomic mass is 127. The fourth-order valence-electron chi connectivity index (χ4n) is 3.24. The van der Waals surface area contributed by atoms with E-state index in [0.717, 1.165) is 30.7 Å². The molecule has 6 heteroatoms. The highest BCUT2D eigenvalue weighted by Gasteiger charge is 2.24. The zero-order chi connectivity index (χ0) is 17.4. The molecule has 5 nitrogen and oxygen atoms in total. The Bertz CT molecular complexity index is 536. The Labute approximate surface area is 169 Å². The predicted molar refractivity (Wildman–Crippen MR) is 116 cm³/mol. The molecular weight excluding hydrogens is 427 g/mol. The van der Waals surface area contributed by atoms with Crippen molar-refractivity contribution in [1.82, 2.24) is 15.5 Å². The summed E-state index contributed by atoms with van der Waals surface area (Å²) < 4.78 is 5.27. The van der Waals surface area contributed by atoms with Gasteiger partial charge in [0.15, 0.2) is 5.96 Å². The Balaban J connectivity index is 0.00000312. The summed E-state index contributed by atoms with van der Waals surface area (Å²) in [5.41, 5.74) is 1.18. The molecule has 1 aliphatic heterocycles. The van der Waals surface area contributed by atoms with E-state index in [1.807, 2.05) is 25.2 Å². The molecule has 0 aromatic heterocycles. The highest BCUT2D eigenvalue weighted by molar-refractivity contribution is 14.0. The SMILES string of the molecule is CN=C(NCc1cccc(OC)c1)NC[C@H]1CCCN1CC(C)C.I. The summed E-state index contributed by atoms with van der Waals surface area (Å²) >= 11 is 0. The van der Waals surface area contributed by atoms with Gasteiger partial charge in [0.1, 0.15) is 5.75 Å². The number of benzene rings is 1. The first kappa shape index (κ1) is 22.0. The van der Waals surface area contributed by atoms with Crippen LogP contribution in [-0.4, -0.2) is 50.7 Å². The van der Waals surface area contributed by atoms with Gasteiger partial charge in [-0.15, -0.1) is 24.0 Å². The van der Waals surface area contributed by atoms with Gasteiger partial charge < -0.3 is 15.4 Å². The standard InChI is InChI=1S/C19H32N4O.HI/c1-15(2)14-23-10-6-8-17(23)13-22-19(20-3)21-12-16-7-5-9-18(11-16)24-4;/h5,7,9,11,15,17H,6,8,10,12-14H2,1-4H3,(H2,20,21,22);1H/t17-;/m1./s1. The highest BCUT2D eigenvalue weighted by Crippen LogP contribution is 2.18. The third-order valence-electron chi connectivity index (χ3n) is 4.42. The summed E-state index contributed by atoms with van der Waals surface area (Å²) in [4.78, 5) is 6.94. The molecule has 1 saturated heterocycles. The molecule has 0 saturated carbocycles. The number of hydrogen-bond donors (Lipinski definition) is 2. The molecule has 1 atom stereocenters. The van der Waals surface area contributed by atoms with Crippen molar-refractivity contribution in [2.45, 2.75) is 39.3 Å². The number of guanidine groups is 1. The van der Waals surface area contributed by atoms with Gasteiger partial charge >= 0.3 is 0 Å². The number of hydrogen-bond acceptors (Lipinski definition) is 3. The lowest BCUT2D eigenvalue weighted by Crippen LogP contribution is -2.45. The molecule has 0 amide bonds. The molecular formula is C19H33IN4O. The molecule has 2 N–H and O–H groups in total. The van der Waals surface area contributed by atoms with Gasteiger partial charge in [-0.2, -0.15) is 0 Å². The quantitative estimate of drug-likeness (QED) is 0.373. The van der Waals surface area contributed by atoms with E-state index in [1.165, 1.54) is 31.5 Å². The second-order valence-electron chi connectivity index (χ2n) is 6.84. The Kier molecular flexibility index (Phi) is 10.2. The fourth-order valence-corrected chi connectivity index (χ4v) is 3.24. The van der Waals surface area contributed by atoms with E-state index in [0.29, 0.717) is 6.04 Å². The zero-order valence-corrected chi connectivity index (χ0v) is 18.2. The van der Waals surface area contributed by atoms with Gasteiger partial charge in [0.2, 0.25) is 0 Å². The lowest BCUT2D eigenvalue weighted by atomic mass is 10.1. The van der Waals surface area contributed by atoms with Crippen LogP contribution >= 0.6 is 24.0 Å². The maximum Gasteiger partial charge on any atom is 0.191 e. The maximum absolute atomic E-state index is 5.27. The first-order chi connectivity index (χ1) is 11.6. The number of likely N-dealkylation sites (tertiary alicyclic amines) is 1. The van der Waals surface area contributed by atoms with E-state index < -0.39 is 0 Å². The lowest BCUT2D eigenvalue weighted by molar-refractivity contribution is 0.226. The van der Waals surface area contributed by atoms with Crippen LogP contribution in [0.5, 0.6) is 5.75 Å². The maximum atomic E-state index is 5.27. The third-order valence-corrected chi connectivity index (χ3v) is 4.42. The molecule has 0 spiro atoms. The third kappa shape index (κ3) is 7.40. The topological polar surface area (TPSA) is 48.9 Å². The van der Waals surface area contributed by atoms with Crippen molar-refractivity contribution in [2.24, 2.45) is 10.9 Å². The van der Waals surface area contributed by atoms with Crippen LogP contribution in [0.15, 0.2) is 29.3 Å². The predicted octanol–water partition coefficient (Wildman–Crippen LogP) is 3.10. The Hall–Kier alpha value is -1.02. The summed E-state index contributed by atoms with van der Waals surface area (Å²) in [6.45, 7) is 8.67. The summed E-state index contributed by atoms with van der Waals surface area (Å²) in [5.74, 6) is 2.46. The normalized spacial score (nSPS) is 18.1. The first-order valence-electron chi connectivity index (χ1n) is 8.94. The lowest BCUT2D eigenvalue weighted by Gasteiger charge is -2.27. The molecule has 1 heterocycles. The van der Waals surface area contributed by atoms with Crippen LogP contribution in [0, 0.1) is 5.92 Å². The van der Waals surface area contributed by atoms with Gasteiger partial charge in [-0.3, -0.25) is 9.89 Å². The van der Waals surface area contributed by atoms with Crippen LogP contribution in [0.25, 0.3) is 0 Å². The van der Waals surface area contributed by atoms with Crippen molar-refractivity contribution in [1.29, 1.82) is 0 Å². The van der Waals surface area contributed by atoms with Gasteiger partial charge in [-0.25, -0.2) is 0 Å². The Morgan fingerprint density at radius 1 is 1.36 bits per heavy atom. The molecule has 0 aliphatic carbocycles. The summed E-state index contributed by atoms with van der Waals surface area (Å²) in [7, 11) is 3.51. The Morgan fingerprint density at radius 3 is 2.84 bits per heavy atom. The fraction of sp³-hybridized carbons (Fsp3) is 0.632. The van der Waals surface area contributed by atoms with Crippen LogP contribution < -0.4 is 15.4 Å². The van der Waals surface area contributed by atoms with Gasteiger partial charge in [0.05, 0.1) is 7.11 Å². The van der Waals surface area contributed by atoms with Crippen LogP contribution in [0.3, 0.4) is 0 Å². The minimum absolute atomic E-state index is 0. The molecule has 1 aliphatic rings. The van der Waals surface area contributed by atoms with Crippen LogP contribution in [0.2, 0.25) is 0 Å². The molecule has 0 bridgehead atoms. The van der Waals surface area contributed by atoms with Crippen molar-refractivity contribution in [2.75, 3.05) is 33.8 Å². The number of halogens is 1. The van der Waals surface area contributed by atoms with Gasteiger partial charge in [-0.05, 0) is 43.0 Å². The van der Waals surface area contributed by atoms with E-state index in [2.05, 4.69) is 40.4 Å². The molecule has 0 radical (unpaired) electrons. The number of aliphatic imine (C=N–C) groups is 1. The first-order valence-corrected chi connectivity index (χ1v) is 8.94. The van der Waals surface area contributed by atoms with Crippen LogP contribution in [0.1, 0.15) is 32.3 Å². The van der Waals surface area contributed by atoms with Gasteiger partial charge in [-0.1, -0.05) is 26.0 Å². The number of methoxy groups -OCH3 is 1. The van der Waals surface area contributed by atoms with E-state index in [9.17, 15) is 0 Å². The smallest absolute Gasteiger partial charge is 0.191 e. The monoisotopic (exact) mass is 460 g/mol. The zero-order valence-electron chi connectivity index (χ0n) is 15.9. The average Bonchev–Trinajstić information content (AvgIpc) is 3.01. The molecule has 1 fully saturated rings. The van der Waals surface area contributed by atoms with E-state index >= 15 is 0 Å². The molecule has 1 aromatic carbocycles. The minimum atomic E-state index is 0. The van der Waals surface area contributed by atoms with Crippen LogP contribution in [-0.2, 0) is 6.54 Å². The van der Waals surface area contributed by atoms with Crippen molar-refractivity contribution < 1.29 is 4.74 Å². The van der Waals surface area contributed by atoms with Gasteiger partial charge in [0, 0.05) is 32.7 Å². The summed E-state index contributed by atoms with van der Waals surface area (Å²) in [6, 6.07) is 8.71. The molecule has 1 aromatic rings. The Morgan fingerprint density at radius 2 is 2.16 bits per heavy atom. The summed E-state index contributed by atoms with van der Waals surface area (Å²) in [5, 5.41) is 6.86. The second kappa shape index (κ2) is 11.6. The van der Waals surface area contributed by atoms with E-state index in [4.69, 9.17) is 4.74 Å². The van der Waals surface area contributed by atoms with Crippen molar-refractivity contribution in [3.8, 4) is 5.75 Å². The minimum Gasteiger partial charge on any atom is -0.497 e. The van der Waals surface area contributed by atoms with E-state index in [-0.39, 0.29) is 24.0 Å². The molecule has 2 rings (SSSR count). The number of ether oxygens (including phenoxy) is 1. The van der Waals surface area contributed by atoms with Gasteiger partial charge in [0.25, 0.3) is 0 Å². The number of rotatable bonds is 7. The molecule has 25 heavy (non-hydrogen) atoms. The largest absolute Gasteiger partial charge is 0.497 e. The van der Waals surface area contributed by atoms with Crippen molar-refractivity contribution >= 4 is 29.9 Å². The van der Waals surface area contributed by atoms with E-state index in [1.54, 1.807) is 7.11 Å². The van der Waals surface area contributed by atoms with Crippen molar-refractivity contribution in [3.05, 3.63) is 29.8 Å².